The molecule has 2 N–H and O–H groups in total. The van der Waals surface area contributed by atoms with Crippen molar-refractivity contribution in [1.29, 1.82) is 0 Å². The van der Waals surface area contributed by atoms with Crippen LogP contribution in [-0.4, -0.2) is 43.2 Å². The van der Waals surface area contributed by atoms with E-state index in [1.165, 1.54) is 6.07 Å². The van der Waals surface area contributed by atoms with Gasteiger partial charge in [-0.2, -0.15) is 0 Å². The van der Waals surface area contributed by atoms with Crippen LogP contribution < -0.4 is 10.5 Å². The van der Waals surface area contributed by atoms with Crippen LogP contribution in [0.2, 0.25) is 0 Å². The molecule has 0 aliphatic heterocycles. The molecular formula is C15H24N3O3-. The van der Waals surface area contributed by atoms with Crippen LogP contribution in [0, 0.1) is 5.21 Å². The van der Waals surface area contributed by atoms with E-state index in [2.05, 4.69) is 5.32 Å². The van der Waals surface area contributed by atoms with Gasteiger partial charge in [-0.1, -0.05) is 32.9 Å². The summed E-state index contributed by atoms with van der Waals surface area (Å²) in [5, 5.41) is 23.4. The molecule has 0 saturated carbocycles. The van der Waals surface area contributed by atoms with Crippen molar-refractivity contribution in [2.24, 2.45) is 0 Å². The molecule has 6 nitrogen and oxygen atoms in total. The molecule has 0 heterocycles. The van der Waals surface area contributed by atoms with Gasteiger partial charge in [-0.05, 0) is 31.1 Å². The summed E-state index contributed by atoms with van der Waals surface area (Å²) >= 11 is 0. The van der Waals surface area contributed by atoms with Crippen LogP contribution in [0.15, 0.2) is 18.2 Å². The van der Waals surface area contributed by atoms with E-state index in [9.17, 15) is 15.2 Å². The zero-order valence-electron chi connectivity index (χ0n) is 13.3. The summed E-state index contributed by atoms with van der Waals surface area (Å²) in [6.07, 6.45) is 0. The molecule has 0 aromatic heterocycles. The monoisotopic (exact) mass is 294 g/mol. The number of nitrogens with one attached hydrogen (secondary N) is 1. The van der Waals surface area contributed by atoms with Gasteiger partial charge in [-0.15, -0.1) is 0 Å². The first-order valence-electron chi connectivity index (χ1n) is 6.87. The highest BCUT2D eigenvalue weighted by atomic mass is 16.8. The van der Waals surface area contributed by atoms with E-state index >= 15 is 0 Å². The summed E-state index contributed by atoms with van der Waals surface area (Å²) in [5.74, 6) is -0.368. The van der Waals surface area contributed by atoms with Gasteiger partial charge in [0.2, 0.25) is 0 Å². The molecular weight excluding hydrogens is 270 g/mol. The normalized spacial score (nSPS) is 11.6. The highest BCUT2D eigenvalue weighted by Crippen LogP contribution is 2.33. The molecule has 0 fully saturated rings. The predicted molar refractivity (Wildman–Crippen MR) is 83.7 cm³/mol. The summed E-state index contributed by atoms with van der Waals surface area (Å²) in [6.45, 7) is 6.92. The Labute approximate surface area is 125 Å². The second-order valence-electron chi connectivity index (χ2n) is 6.28. The van der Waals surface area contributed by atoms with Crippen molar-refractivity contribution < 1.29 is 10.0 Å². The Kier molecular flexibility index (Phi) is 5.71. The molecule has 0 atom stereocenters. The molecule has 0 spiro atoms. The molecule has 1 aromatic carbocycles. The quantitative estimate of drug-likeness (QED) is 0.812. The van der Waals surface area contributed by atoms with Gasteiger partial charge >= 0.3 is 0 Å². The Bertz CT molecular complexity index is 493. The van der Waals surface area contributed by atoms with E-state index in [0.717, 1.165) is 0 Å². The van der Waals surface area contributed by atoms with Crippen LogP contribution in [0.3, 0.4) is 0 Å². The highest BCUT2D eigenvalue weighted by Gasteiger charge is 2.23. The van der Waals surface area contributed by atoms with Crippen LogP contribution in [0.4, 0.5) is 5.69 Å². The van der Waals surface area contributed by atoms with Crippen molar-refractivity contribution in [2.45, 2.75) is 26.2 Å². The molecule has 1 rings (SSSR count). The maximum absolute atomic E-state index is 12.2. The van der Waals surface area contributed by atoms with Crippen molar-refractivity contribution in [3.05, 3.63) is 34.5 Å². The average molecular weight is 294 g/mol. The van der Waals surface area contributed by atoms with Crippen LogP contribution in [0.5, 0.6) is 0 Å². The maximum atomic E-state index is 12.2. The first kappa shape index (κ1) is 17.4. The van der Waals surface area contributed by atoms with Gasteiger partial charge in [0.05, 0.1) is 11.3 Å². The number of rotatable bonds is 5. The number of anilines is 1. The Morgan fingerprint density at radius 1 is 1.33 bits per heavy atom. The summed E-state index contributed by atoms with van der Waals surface area (Å²) in [6, 6.07) is 5.00. The number of hydrogen-bond donors (Lipinski definition) is 2. The lowest BCUT2D eigenvalue weighted by Gasteiger charge is -2.32. The Balaban J connectivity index is 3.09. The zero-order chi connectivity index (χ0) is 16.2. The van der Waals surface area contributed by atoms with Crippen LogP contribution >= 0.6 is 0 Å². The number of likely N-dealkylation sites (N-methyl/N-ethyl adjacent to an activating group) is 1. The zero-order valence-corrected chi connectivity index (χ0v) is 13.3. The van der Waals surface area contributed by atoms with Gasteiger partial charge in [-0.25, -0.2) is 0 Å². The Morgan fingerprint density at radius 3 is 2.43 bits per heavy atom. The second kappa shape index (κ2) is 6.89. The maximum Gasteiger partial charge on any atom is 0.253 e. The summed E-state index contributed by atoms with van der Waals surface area (Å²) in [7, 11) is 3.82. The number of benzene rings is 1. The Morgan fingerprint density at radius 2 is 1.95 bits per heavy atom. The molecule has 1 aromatic rings. The fraction of sp³-hybridized carbons (Fsp3) is 0.533. The minimum atomic E-state index is -0.368. The van der Waals surface area contributed by atoms with Crippen molar-refractivity contribution >= 4 is 11.6 Å². The van der Waals surface area contributed by atoms with Crippen LogP contribution in [-0.2, 0) is 5.41 Å². The summed E-state index contributed by atoms with van der Waals surface area (Å²) < 4.78 is 0. The first-order valence-corrected chi connectivity index (χ1v) is 6.87. The van der Waals surface area contributed by atoms with Crippen LogP contribution in [0.25, 0.3) is 0 Å². The lowest BCUT2D eigenvalue weighted by atomic mass is 9.84. The summed E-state index contributed by atoms with van der Waals surface area (Å²) in [4.78, 5) is 14.2. The van der Waals surface area contributed by atoms with Crippen molar-refractivity contribution in [2.75, 3.05) is 32.4 Å². The van der Waals surface area contributed by atoms with E-state index < -0.39 is 0 Å². The largest absolute Gasteiger partial charge is 0.733 e. The van der Waals surface area contributed by atoms with E-state index in [1.54, 1.807) is 12.1 Å². The first-order chi connectivity index (χ1) is 9.64. The van der Waals surface area contributed by atoms with Gasteiger partial charge < -0.3 is 20.7 Å². The van der Waals surface area contributed by atoms with E-state index in [4.69, 9.17) is 0 Å². The number of nitrogens with zero attached hydrogens (tertiary/aromatic N) is 2. The van der Waals surface area contributed by atoms with Gasteiger partial charge in [0.15, 0.2) is 0 Å². The molecule has 21 heavy (non-hydrogen) atoms. The molecule has 0 aliphatic rings. The molecule has 0 unspecified atom stereocenters. The van der Waals surface area contributed by atoms with Crippen molar-refractivity contribution in [1.82, 2.24) is 10.2 Å². The van der Waals surface area contributed by atoms with E-state index in [0.29, 0.717) is 18.7 Å². The average Bonchev–Trinajstić information content (AvgIpc) is 2.36. The highest BCUT2D eigenvalue weighted by molar-refractivity contribution is 6.00. The van der Waals surface area contributed by atoms with Gasteiger partial charge in [0, 0.05) is 13.1 Å². The fourth-order valence-electron chi connectivity index (χ4n) is 2.03. The fourth-order valence-corrected chi connectivity index (χ4v) is 2.03. The van der Waals surface area contributed by atoms with Crippen molar-refractivity contribution in [3.63, 3.8) is 0 Å². The smallest absolute Gasteiger partial charge is 0.253 e. The molecule has 0 saturated heterocycles. The van der Waals surface area contributed by atoms with Gasteiger partial charge in [0.1, 0.15) is 0 Å². The lowest BCUT2D eigenvalue weighted by molar-refractivity contribution is 0.0950. The second-order valence-corrected chi connectivity index (χ2v) is 6.28. The third-order valence-electron chi connectivity index (χ3n) is 3.12. The minimum absolute atomic E-state index is 0.00681. The topological polar surface area (TPSA) is 78.9 Å². The Hall–Kier alpha value is -1.63. The predicted octanol–water partition coefficient (Wildman–Crippen LogP) is 1.97. The molecule has 0 bridgehead atoms. The number of carbonyl (C=O) groups is 1. The van der Waals surface area contributed by atoms with Gasteiger partial charge in [0.25, 0.3) is 5.91 Å². The third kappa shape index (κ3) is 4.70. The lowest BCUT2D eigenvalue weighted by Crippen LogP contribution is -2.32. The minimum Gasteiger partial charge on any atom is -0.733 e. The SMILES string of the molecule is CN(C)CCNC(=O)c1cccc(C(C)(C)C)c1N([O-])O. The molecule has 1 amide bonds. The molecule has 0 aliphatic carbocycles. The summed E-state index contributed by atoms with van der Waals surface area (Å²) in [5.41, 5.74) is 0.451. The van der Waals surface area contributed by atoms with Crippen LogP contribution in [0.1, 0.15) is 36.7 Å². The van der Waals surface area contributed by atoms with Gasteiger partial charge in [-0.3, -0.25) is 10.0 Å². The van der Waals surface area contributed by atoms with Crippen molar-refractivity contribution in [3.8, 4) is 0 Å². The number of hydrogen-bond acceptors (Lipinski definition) is 5. The van der Waals surface area contributed by atoms with E-state index in [-0.39, 0.29) is 27.8 Å². The third-order valence-corrected chi connectivity index (χ3v) is 3.12. The van der Waals surface area contributed by atoms with E-state index in [1.807, 2.05) is 39.8 Å². The standard InChI is InChI=1S/C15H24N3O3/c1-15(2,3)12-8-6-7-11(13(12)18(20)21)14(19)16-9-10-17(4)5/h6-8,20H,9-10H2,1-5H3,(H,16,19)/q-1. The number of carbonyl (C=O) groups excluding carboxylic acids is 1. The molecule has 6 heteroatoms. The molecule has 118 valence electrons. The molecule has 0 radical (unpaired) electrons. The number of amides is 1. The number of para-hydroxylation sites is 1.